The number of benzene rings is 1. The Hall–Kier alpha value is -3.39. The van der Waals surface area contributed by atoms with Crippen LogP contribution >= 0.6 is 0 Å². The molecule has 0 saturated carbocycles. The number of nitrogens with zero attached hydrogens (tertiary/aromatic N) is 3. The van der Waals surface area contributed by atoms with Crippen molar-refractivity contribution in [2.75, 3.05) is 25.6 Å². The van der Waals surface area contributed by atoms with E-state index in [0.29, 0.717) is 30.3 Å². The number of H-pyrrole nitrogens is 1. The second-order valence-electron chi connectivity index (χ2n) is 6.63. The highest BCUT2D eigenvalue weighted by molar-refractivity contribution is 5.77. The Morgan fingerprint density at radius 3 is 2.93 bits per heavy atom. The summed E-state index contributed by atoms with van der Waals surface area (Å²) in [6.07, 6.45) is 7.39. The fourth-order valence-corrected chi connectivity index (χ4v) is 3.17. The van der Waals surface area contributed by atoms with E-state index in [9.17, 15) is 4.39 Å². The van der Waals surface area contributed by atoms with E-state index >= 15 is 0 Å². The number of fused-ring (bicyclic) bond motifs is 1. The lowest BCUT2D eigenvalue weighted by Crippen LogP contribution is -2.12. The molecule has 7 nitrogen and oxygen atoms in total. The number of ether oxygens (including phenoxy) is 2. The van der Waals surface area contributed by atoms with E-state index in [4.69, 9.17) is 14.5 Å². The maximum absolute atomic E-state index is 13.9. The van der Waals surface area contributed by atoms with Crippen LogP contribution in [0.1, 0.15) is 18.5 Å². The van der Waals surface area contributed by atoms with Gasteiger partial charge in [-0.05, 0) is 37.3 Å². The van der Waals surface area contributed by atoms with Crippen LogP contribution in [-0.4, -0.2) is 39.9 Å². The molecule has 150 valence electrons. The summed E-state index contributed by atoms with van der Waals surface area (Å²) in [6.45, 7) is 2.79. The molecule has 0 aliphatic heterocycles. The van der Waals surface area contributed by atoms with Crippen molar-refractivity contribution in [2.24, 2.45) is 0 Å². The van der Waals surface area contributed by atoms with Crippen molar-refractivity contribution in [3.8, 4) is 16.9 Å². The molecule has 4 aromatic rings. The van der Waals surface area contributed by atoms with Gasteiger partial charge in [-0.2, -0.15) is 5.10 Å². The lowest BCUT2D eigenvalue weighted by Gasteiger charge is -2.19. The first-order valence-corrected chi connectivity index (χ1v) is 9.31. The summed E-state index contributed by atoms with van der Waals surface area (Å²) in [6, 6.07) is 8.08. The molecular weight excluding hydrogens is 373 g/mol. The summed E-state index contributed by atoms with van der Waals surface area (Å²) < 4.78 is 26.4. The first kappa shape index (κ1) is 18.9. The highest BCUT2D eigenvalue weighted by atomic mass is 19.1. The van der Waals surface area contributed by atoms with Gasteiger partial charge in [-0.3, -0.25) is 0 Å². The standard InChI is InChI=1S/C21H22FN5O2/c1-14(17-11-16(22)3-4-19(17)29-10-9-28-2)25-20-6-8-27-21(26-20)18(13-24-27)15-5-7-23-12-15/h3-8,11-14,23H,9-10H2,1-2H3,(H,25,26). The summed E-state index contributed by atoms with van der Waals surface area (Å²) >= 11 is 0. The predicted molar refractivity (Wildman–Crippen MR) is 109 cm³/mol. The monoisotopic (exact) mass is 395 g/mol. The van der Waals surface area contributed by atoms with E-state index in [1.165, 1.54) is 12.1 Å². The fourth-order valence-electron chi connectivity index (χ4n) is 3.17. The molecule has 3 aromatic heterocycles. The minimum Gasteiger partial charge on any atom is -0.491 e. The van der Waals surface area contributed by atoms with Crippen LogP contribution < -0.4 is 10.1 Å². The molecule has 29 heavy (non-hydrogen) atoms. The van der Waals surface area contributed by atoms with Gasteiger partial charge in [0.1, 0.15) is 24.0 Å². The normalized spacial score (nSPS) is 12.2. The van der Waals surface area contributed by atoms with E-state index in [2.05, 4.69) is 15.4 Å². The number of hydrogen-bond donors (Lipinski definition) is 2. The average Bonchev–Trinajstić information content (AvgIpc) is 3.38. The molecule has 8 heteroatoms. The highest BCUT2D eigenvalue weighted by Crippen LogP contribution is 2.29. The Bertz CT molecular complexity index is 1090. The van der Waals surface area contributed by atoms with E-state index in [-0.39, 0.29) is 11.9 Å². The Morgan fingerprint density at radius 1 is 1.24 bits per heavy atom. The SMILES string of the molecule is COCCOc1ccc(F)cc1C(C)Nc1ccn2ncc(-c3cc[nH]c3)c2n1. The van der Waals surface area contributed by atoms with Gasteiger partial charge < -0.3 is 19.8 Å². The van der Waals surface area contributed by atoms with Crippen molar-refractivity contribution in [1.82, 2.24) is 19.6 Å². The quantitative estimate of drug-likeness (QED) is 0.440. The third-order valence-corrected chi connectivity index (χ3v) is 4.63. The number of anilines is 1. The molecule has 0 aliphatic carbocycles. The zero-order valence-electron chi connectivity index (χ0n) is 16.2. The molecule has 0 saturated heterocycles. The number of halogens is 1. The molecule has 0 amide bonds. The molecule has 0 bridgehead atoms. The zero-order valence-corrected chi connectivity index (χ0v) is 16.2. The Morgan fingerprint density at radius 2 is 2.14 bits per heavy atom. The van der Waals surface area contributed by atoms with Crippen molar-refractivity contribution in [2.45, 2.75) is 13.0 Å². The number of methoxy groups -OCH3 is 1. The largest absolute Gasteiger partial charge is 0.491 e. The van der Waals surface area contributed by atoms with Gasteiger partial charge in [0.2, 0.25) is 0 Å². The minimum atomic E-state index is -0.318. The molecule has 1 atom stereocenters. The second kappa shape index (κ2) is 8.32. The van der Waals surface area contributed by atoms with Crippen molar-refractivity contribution in [3.05, 3.63) is 66.5 Å². The van der Waals surface area contributed by atoms with Gasteiger partial charge in [0.05, 0.1) is 18.8 Å². The van der Waals surface area contributed by atoms with Crippen LogP contribution in [-0.2, 0) is 4.74 Å². The van der Waals surface area contributed by atoms with Crippen molar-refractivity contribution in [3.63, 3.8) is 0 Å². The Balaban J connectivity index is 1.60. The minimum absolute atomic E-state index is 0.225. The third-order valence-electron chi connectivity index (χ3n) is 4.63. The van der Waals surface area contributed by atoms with Gasteiger partial charge in [-0.15, -0.1) is 0 Å². The molecular formula is C21H22FN5O2. The number of hydrogen-bond acceptors (Lipinski definition) is 5. The molecule has 1 unspecified atom stereocenters. The van der Waals surface area contributed by atoms with Crippen molar-refractivity contribution < 1.29 is 13.9 Å². The predicted octanol–water partition coefficient (Wildman–Crippen LogP) is 4.06. The Kier molecular flexibility index (Phi) is 5.44. The van der Waals surface area contributed by atoms with Crippen molar-refractivity contribution in [1.29, 1.82) is 0 Å². The van der Waals surface area contributed by atoms with Gasteiger partial charge in [0.25, 0.3) is 0 Å². The molecule has 3 heterocycles. The number of aromatic nitrogens is 4. The first-order valence-electron chi connectivity index (χ1n) is 9.31. The maximum Gasteiger partial charge on any atom is 0.165 e. The maximum atomic E-state index is 13.9. The topological polar surface area (TPSA) is 76.5 Å². The number of rotatable bonds is 8. The third kappa shape index (κ3) is 4.07. The van der Waals surface area contributed by atoms with E-state index in [1.807, 2.05) is 37.6 Å². The zero-order chi connectivity index (χ0) is 20.2. The molecule has 0 radical (unpaired) electrons. The summed E-state index contributed by atoms with van der Waals surface area (Å²) in [5.41, 5.74) is 3.38. The molecule has 2 N–H and O–H groups in total. The van der Waals surface area contributed by atoms with Crippen LogP contribution in [0.3, 0.4) is 0 Å². The van der Waals surface area contributed by atoms with Gasteiger partial charge >= 0.3 is 0 Å². The van der Waals surface area contributed by atoms with E-state index in [1.54, 1.807) is 23.9 Å². The molecule has 0 fully saturated rings. The lowest BCUT2D eigenvalue weighted by atomic mass is 10.1. The van der Waals surface area contributed by atoms with E-state index in [0.717, 1.165) is 16.8 Å². The van der Waals surface area contributed by atoms with Gasteiger partial charge in [-0.1, -0.05) is 0 Å². The lowest BCUT2D eigenvalue weighted by molar-refractivity contribution is 0.145. The van der Waals surface area contributed by atoms with Crippen LogP contribution in [0.4, 0.5) is 10.2 Å². The Labute approximate surface area is 167 Å². The van der Waals surface area contributed by atoms with Crippen LogP contribution in [0.2, 0.25) is 0 Å². The van der Waals surface area contributed by atoms with Gasteiger partial charge in [-0.25, -0.2) is 13.9 Å². The summed E-state index contributed by atoms with van der Waals surface area (Å²) in [7, 11) is 1.61. The highest BCUT2D eigenvalue weighted by Gasteiger charge is 2.15. The summed E-state index contributed by atoms with van der Waals surface area (Å²) in [5, 5.41) is 7.68. The first-order chi connectivity index (χ1) is 14.2. The fraction of sp³-hybridized carbons (Fsp3) is 0.238. The molecule has 4 rings (SSSR count). The summed E-state index contributed by atoms with van der Waals surface area (Å²) in [4.78, 5) is 7.75. The van der Waals surface area contributed by atoms with Gasteiger partial charge in [0.15, 0.2) is 5.65 Å². The molecule has 1 aromatic carbocycles. The molecule has 0 spiro atoms. The average molecular weight is 395 g/mol. The van der Waals surface area contributed by atoms with Crippen molar-refractivity contribution >= 4 is 11.5 Å². The van der Waals surface area contributed by atoms with Crippen LogP contribution in [0.25, 0.3) is 16.8 Å². The van der Waals surface area contributed by atoms with Crippen LogP contribution in [0.15, 0.2) is 55.1 Å². The summed E-state index contributed by atoms with van der Waals surface area (Å²) in [5.74, 6) is 0.956. The molecule has 0 aliphatic rings. The van der Waals surface area contributed by atoms with Crippen LogP contribution in [0.5, 0.6) is 5.75 Å². The number of nitrogens with one attached hydrogen (secondary N) is 2. The van der Waals surface area contributed by atoms with Crippen LogP contribution in [0, 0.1) is 5.82 Å². The smallest absolute Gasteiger partial charge is 0.165 e. The number of aromatic amines is 1. The van der Waals surface area contributed by atoms with Gasteiger partial charge in [0, 0.05) is 42.4 Å². The second-order valence-corrected chi connectivity index (χ2v) is 6.63. The van der Waals surface area contributed by atoms with E-state index < -0.39 is 0 Å².